The van der Waals surface area contributed by atoms with Gasteiger partial charge in [-0.2, -0.15) is 0 Å². The van der Waals surface area contributed by atoms with Gasteiger partial charge in [0.05, 0.1) is 26.3 Å². The minimum atomic E-state index is -0.235. The number of carbonyl (C=O) groups excluding carboxylic acids is 1. The number of hydrogen-bond donors (Lipinski definition) is 1. The van der Waals surface area contributed by atoms with Crippen LogP contribution in [0.15, 0.2) is 23.8 Å². The number of ether oxygens (including phenoxy) is 1. The average Bonchev–Trinajstić information content (AvgIpc) is 3.25. The molecule has 1 atom stereocenters. The highest BCUT2D eigenvalue weighted by molar-refractivity contribution is 5.86. The summed E-state index contributed by atoms with van der Waals surface area (Å²) in [7, 11) is 5.60. The predicted molar refractivity (Wildman–Crippen MR) is 139 cm³/mol. The zero-order valence-electron chi connectivity index (χ0n) is 21.9. The average molecular weight is 482 g/mol. The highest BCUT2D eigenvalue weighted by atomic mass is 16.5. The number of rotatable bonds is 6. The second kappa shape index (κ2) is 10.2. The van der Waals surface area contributed by atoms with E-state index >= 15 is 0 Å². The van der Waals surface area contributed by atoms with Crippen molar-refractivity contribution in [1.29, 1.82) is 0 Å². The third-order valence-corrected chi connectivity index (χ3v) is 9.06. The first-order chi connectivity index (χ1) is 16.9. The quantitative estimate of drug-likeness (QED) is 0.675. The number of benzene rings is 1. The van der Waals surface area contributed by atoms with E-state index in [2.05, 4.69) is 23.1 Å². The van der Waals surface area contributed by atoms with Crippen molar-refractivity contribution < 1.29 is 14.6 Å². The van der Waals surface area contributed by atoms with Gasteiger partial charge in [-0.15, -0.1) is 0 Å². The molecule has 0 radical (unpaired) electrons. The first-order valence-electron chi connectivity index (χ1n) is 13.6. The van der Waals surface area contributed by atoms with E-state index in [4.69, 9.17) is 4.74 Å². The summed E-state index contributed by atoms with van der Waals surface area (Å²) in [5.74, 6) is 1.86. The van der Waals surface area contributed by atoms with Crippen LogP contribution in [-0.4, -0.2) is 92.3 Å². The molecule has 2 aliphatic carbocycles. The van der Waals surface area contributed by atoms with Gasteiger partial charge in [0.25, 0.3) is 0 Å². The van der Waals surface area contributed by atoms with Gasteiger partial charge in [-0.1, -0.05) is 25.3 Å². The number of methoxy groups -OCH3 is 1. The molecular weight excluding hydrogens is 438 g/mol. The normalized spacial score (nSPS) is 24.7. The lowest BCUT2D eigenvalue weighted by atomic mass is 9.66. The fourth-order valence-electron chi connectivity index (χ4n) is 7.31. The highest BCUT2D eigenvalue weighted by Crippen LogP contribution is 2.55. The van der Waals surface area contributed by atoms with Crippen LogP contribution in [0.4, 0.5) is 0 Å². The van der Waals surface area contributed by atoms with Crippen LogP contribution in [0.3, 0.4) is 0 Å². The van der Waals surface area contributed by atoms with Crippen LogP contribution in [0.5, 0.6) is 5.75 Å². The van der Waals surface area contributed by atoms with Gasteiger partial charge in [0.15, 0.2) is 0 Å². The van der Waals surface area contributed by atoms with Crippen LogP contribution in [0.2, 0.25) is 0 Å². The number of aliphatic hydroxyl groups is 1. The number of carbonyl (C=O) groups is 1. The molecule has 35 heavy (non-hydrogen) atoms. The summed E-state index contributed by atoms with van der Waals surface area (Å²) < 4.78 is 5.53. The van der Waals surface area contributed by atoms with E-state index in [0.717, 1.165) is 44.0 Å². The van der Waals surface area contributed by atoms with Crippen molar-refractivity contribution >= 4 is 11.5 Å². The number of fused-ring (bicyclic) bond motifs is 3. The lowest BCUT2D eigenvalue weighted by Crippen LogP contribution is -2.57. The highest BCUT2D eigenvalue weighted by Gasteiger charge is 2.50. The SMILES string of the molecule is COc1ccc2c(c1)CC1=C2C2(CCN(CC3CCCCC3)CC2)CN(C(=O)CN(C)C)[C@H]1CO. The Balaban J connectivity index is 1.45. The van der Waals surface area contributed by atoms with Gasteiger partial charge in [0.2, 0.25) is 5.91 Å². The third kappa shape index (κ3) is 4.77. The molecule has 0 aromatic heterocycles. The van der Waals surface area contributed by atoms with E-state index in [-0.39, 0.29) is 24.0 Å². The van der Waals surface area contributed by atoms with Gasteiger partial charge in [-0.3, -0.25) is 4.79 Å². The Morgan fingerprint density at radius 1 is 1.17 bits per heavy atom. The smallest absolute Gasteiger partial charge is 0.237 e. The van der Waals surface area contributed by atoms with Crippen molar-refractivity contribution in [3.8, 4) is 5.75 Å². The van der Waals surface area contributed by atoms with Crippen molar-refractivity contribution in [2.75, 3.05) is 60.5 Å². The molecule has 1 N–H and O–H groups in total. The van der Waals surface area contributed by atoms with Crippen LogP contribution >= 0.6 is 0 Å². The molecule has 192 valence electrons. The Morgan fingerprint density at radius 3 is 2.57 bits per heavy atom. The molecule has 4 aliphatic rings. The molecule has 1 saturated heterocycles. The lowest BCUT2D eigenvalue weighted by Gasteiger charge is -2.52. The summed E-state index contributed by atoms with van der Waals surface area (Å²) >= 11 is 0. The Kier molecular flexibility index (Phi) is 7.25. The van der Waals surface area contributed by atoms with Gasteiger partial charge in [0, 0.05) is 18.5 Å². The van der Waals surface area contributed by atoms with E-state index < -0.39 is 0 Å². The molecule has 1 amide bonds. The van der Waals surface area contributed by atoms with Crippen molar-refractivity contribution in [2.24, 2.45) is 11.3 Å². The summed E-state index contributed by atoms with van der Waals surface area (Å²) in [5, 5.41) is 10.5. The first-order valence-corrected chi connectivity index (χ1v) is 13.6. The van der Waals surface area contributed by atoms with Crippen molar-refractivity contribution in [3.05, 3.63) is 34.9 Å². The largest absolute Gasteiger partial charge is 0.497 e. The molecule has 2 heterocycles. The second-order valence-corrected chi connectivity index (χ2v) is 11.6. The van der Waals surface area contributed by atoms with Gasteiger partial charge in [-0.25, -0.2) is 0 Å². The number of aliphatic hydroxyl groups excluding tert-OH is 1. The Hall–Kier alpha value is -1.89. The maximum Gasteiger partial charge on any atom is 0.237 e. The monoisotopic (exact) mass is 481 g/mol. The molecule has 1 aromatic carbocycles. The second-order valence-electron chi connectivity index (χ2n) is 11.6. The number of nitrogens with zero attached hydrogens (tertiary/aromatic N) is 3. The van der Waals surface area contributed by atoms with E-state index in [1.165, 1.54) is 60.9 Å². The van der Waals surface area contributed by atoms with E-state index in [1.54, 1.807) is 7.11 Å². The number of amides is 1. The summed E-state index contributed by atoms with van der Waals surface area (Å²) in [6, 6.07) is 6.21. The summed E-state index contributed by atoms with van der Waals surface area (Å²) in [4.78, 5) is 20.1. The van der Waals surface area contributed by atoms with Crippen LogP contribution in [0.25, 0.3) is 5.57 Å². The minimum absolute atomic E-state index is 0.0208. The Bertz CT molecular complexity index is 958. The summed E-state index contributed by atoms with van der Waals surface area (Å²) in [6.07, 6.45) is 9.92. The van der Waals surface area contributed by atoms with Crippen LogP contribution in [0.1, 0.15) is 56.1 Å². The standard InChI is InChI=1S/C29H43N3O3/c1-30(2)18-27(34)32-20-29(11-13-31(14-12-29)17-21-7-5-4-6-8-21)28-24-10-9-23(35-3)15-22(24)16-25(28)26(32)19-33/h9-10,15,21,26,33H,4-8,11-14,16-20H2,1-3H3/t26-/m0/s1. The molecular formula is C29H43N3O3. The van der Waals surface area contributed by atoms with Gasteiger partial charge >= 0.3 is 0 Å². The zero-order chi connectivity index (χ0) is 24.6. The van der Waals surface area contributed by atoms with Gasteiger partial charge in [-0.05, 0) is 99.6 Å². The lowest BCUT2D eigenvalue weighted by molar-refractivity contribution is -0.136. The van der Waals surface area contributed by atoms with E-state index in [9.17, 15) is 9.90 Å². The van der Waals surface area contributed by atoms with Gasteiger partial charge in [0.1, 0.15) is 5.75 Å². The van der Waals surface area contributed by atoms with E-state index in [1.807, 2.05) is 23.9 Å². The summed E-state index contributed by atoms with van der Waals surface area (Å²) in [5.41, 5.74) is 5.25. The molecule has 1 aromatic rings. The number of hydrogen-bond acceptors (Lipinski definition) is 5. The van der Waals surface area contributed by atoms with Crippen molar-refractivity contribution in [1.82, 2.24) is 14.7 Å². The van der Waals surface area contributed by atoms with Crippen LogP contribution < -0.4 is 4.74 Å². The third-order valence-electron chi connectivity index (χ3n) is 9.06. The van der Waals surface area contributed by atoms with Crippen molar-refractivity contribution in [3.63, 3.8) is 0 Å². The topological polar surface area (TPSA) is 56.2 Å². The summed E-state index contributed by atoms with van der Waals surface area (Å²) in [6.45, 7) is 4.50. The molecule has 0 unspecified atom stereocenters. The van der Waals surface area contributed by atoms with E-state index in [0.29, 0.717) is 13.1 Å². The van der Waals surface area contributed by atoms with Crippen molar-refractivity contribution in [2.45, 2.75) is 57.4 Å². The number of piperidine rings is 1. The maximum absolute atomic E-state index is 13.4. The minimum Gasteiger partial charge on any atom is -0.497 e. The molecule has 5 rings (SSSR count). The molecule has 6 nitrogen and oxygen atoms in total. The molecule has 2 aliphatic heterocycles. The van der Waals surface area contributed by atoms with Crippen LogP contribution in [-0.2, 0) is 11.2 Å². The molecule has 6 heteroatoms. The first kappa shape index (κ1) is 24.8. The fraction of sp³-hybridized carbons (Fsp3) is 0.690. The Morgan fingerprint density at radius 2 is 1.91 bits per heavy atom. The fourth-order valence-corrected chi connectivity index (χ4v) is 7.31. The predicted octanol–water partition coefficient (Wildman–Crippen LogP) is 3.43. The maximum atomic E-state index is 13.4. The van der Waals surface area contributed by atoms with Gasteiger partial charge < -0.3 is 24.5 Å². The molecule has 2 fully saturated rings. The molecule has 1 saturated carbocycles. The number of likely N-dealkylation sites (tertiary alicyclic amines) is 1. The Labute approximate surface area is 210 Å². The van der Waals surface area contributed by atoms with Crippen LogP contribution in [0, 0.1) is 11.3 Å². The number of likely N-dealkylation sites (N-methyl/N-ethyl adjacent to an activating group) is 1. The zero-order valence-corrected chi connectivity index (χ0v) is 21.9. The molecule has 0 bridgehead atoms. The molecule has 1 spiro atoms.